The lowest BCUT2D eigenvalue weighted by Gasteiger charge is -2.27. The summed E-state index contributed by atoms with van der Waals surface area (Å²) in [6.07, 6.45) is 2.16. The number of methoxy groups -OCH3 is 1. The van der Waals surface area contributed by atoms with Gasteiger partial charge in [-0.1, -0.05) is 43.1 Å². The van der Waals surface area contributed by atoms with Gasteiger partial charge in [-0.25, -0.2) is 0 Å². The van der Waals surface area contributed by atoms with E-state index in [-0.39, 0.29) is 12.1 Å². The van der Waals surface area contributed by atoms with Crippen LogP contribution in [0.15, 0.2) is 18.2 Å². The largest absolute Gasteiger partial charge is 0.379 e. The van der Waals surface area contributed by atoms with Gasteiger partial charge < -0.3 is 10.1 Å². The molecule has 102 valence electrons. The Bertz CT molecular complexity index is 367. The van der Waals surface area contributed by atoms with Crippen molar-refractivity contribution in [2.75, 3.05) is 13.7 Å². The molecular weight excluding hydrogens is 269 g/mol. The van der Waals surface area contributed by atoms with E-state index < -0.39 is 0 Å². The third kappa shape index (κ3) is 4.13. The van der Waals surface area contributed by atoms with Crippen molar-refractivity contribution < 1.29 is 4.74 Å². The molecule has 0 amide bonds. The van der Waals surface area contributed by atoms with E-state index in [0.717, 1.165) is 24.9 Å². The van der Waals surface area contributed by atoms with Gasteiger partial charge in [-0.3, -0.25) is 0 Å². The monoisotopic (exact) mass is 289 g/mol. The second-order valence-electron chi connectivity index (χ2n) is 4.29. The van der Waals surface area contributed by atoms with Crippen LogP contribution in [0.1, 0.15) is 38.3 Å². The smallest absolute Gasteiger partial charge is 0.0763 e. The molecule has 0 aliphatic rings. The molecule has 0 bridgehead atoms. The average molecular weight is 290 g/mol. The van der Waals surface area contributed by atoms with Crippen LogP contribution in [0, 0.1) is 0 Å². The molecule has 0 radical (unpaired) electrons. The molecular formula is C14H21Cl2NO. The lowest BCUT2D eigenvalue weighted by Crippen LogP contribution is -2.33. The van der Waals surface area contributed by atoms with E-state index in [1.54, 1.807) is 7.11 Å². The molecule has 18 heavy (non-hydrogen) atoms. The summed E-state index contributed by atoms with van der Waals surface area (Å²) >= 11 is 12.0. The highest BCUT2D eigenvalue weighted by Gasteiger charge is 2.21. The summed E-state index contributed by atoms with van der Waals surface area (Å²) in [4.78, 5) is 0. The summed E-state index contributed by atoms with van der Waals surface area (Å²) in [5.41, 5.74) is 1.12. The van der Waals surface area contributed by atoms with E-state index in [9.17, 15) is 0 Å². The molecule has 0 aliphatic carbocycles. The second-order valence-corrected chi connectivity index (χ2v) is 5.10. The summed E-state index contributed by atoms with van der Waals surface area (Å²) in [5, 5.41) is 4.68. The Kier molecular flexibility index (Phi) is 7.02. The van der Waals surface area contributed by atoms with Crippen LogP contribution in [0.5, 0.6) is 0 Å². The fraction of sp³-hybridized carbons (Fsp3) is 0.571. The maximum absolute atomic E-state index is 6.08. The molecule has 0 heterocycles. The van der Waals surface area contributed by atoms with Gasteiger partial charge in [0.05, 0.1) is 22.2 Å². The Balaban J connectivity index is 2.96. The van der Waals surface area contributed by atoms with E-state index in [4.69, 9.17) is 27.9 Å². The number of hydrogen-bond acceptors (Lipinski definition) is 2. The summed E-state index contributed by atoms with van der Waals surface area (Å²) in [5.74, 6) is 0. The Morgan fingerprint density at radius 1 is 1.22 bits per heavy atom. The van der Waals surface area contributed by atoms with Crippen LogP contribution >= 0.6 is 23.2 Å². The zero-order valence-electron chi connectivity index (χ0n) is 11.2. The van der Waals surface area contributed by atoms with E-state index in [0.29, 0.717) is 10.0 Å². The summed E-state index contributed by atoms with van der Waals surface area (Å²) in [6.45, 7) is 5.21. The normalized spacial score (nSPS) is 14.5. The van der Waals surface area contributed by atoms with E-state index in [2.05, 4.69) is 19.2 Å². The van der Waals surface area contributed by atoms with Crippen molar-refractivity contribution in [2.24, 2.45) is 0 Å². The van der Waals surface area contributed by atoms with Gasteiger partial charge in [0.15, 0.2) is 0 Å². The molecule has 0 fully saturated rings. The number of nitrogens with one attached hydrogen (secondary N) is 1. The van der Waals surface area contributed by atoms with Crippen LogP contribution in [-0.2, 0) is 4.74 Å². The lowest BCUT2D eigenvalue weighted by molar-refractivity contribution is 0.0651. The third-order valence-corrected chi connectivity index (χ3v) is 3.73. The van der Waals surface area contributed by atoms with Crippen LogP contribution in [0.2, 0.25) is 10.0 Å². The zero-order valence-corrected chi connectivity index (χ0v) is 12.7. The first kappa shape index (κ1) is 15.8. The first-order chi connectivity index (χ1) is 8.63. The highest BCUT2D eigenvalue weighted by molar-refractivity contribution is 6.42. The SMILES string of the molecule is CCCNC(c1ccc(Cl)c(Cl)c1)C(CC)OC. The van der Waals surface area contributed by atoms with Crippen LogP contribution < -0.4 is 5.32 Å². The van der Waals surface area contributed by atoms with Crippen molar-refractivity contribution in [2.45, 2.75) is 38.8 Å². The zero-order chi connectivity index (χ0) is 13.5. The molecule has 1 N–H and O–H groups in total. The fourth-order valence-corrected chi connectivity index (χ4v) is 2.31. The third-order valence-electron chi connectivity index (χ3n) is 2.99. The highest BCUT2D eigenvalue weighted by Crippen LogP contribution is 2.28. The van der Waals surface area contributed by atoms with Gasteiger partial charge in [0, 0.05) is 7.11 Å². The first-order valence-corrected chi connectivity index (χ1v) is 7.10. The maximum Gasteiger partial charge on any atom is 0.0763 e. The van der Waals surface area contributed by atoms with Crippen LogP contribution in [0.4, 0.5) is 0 Å². The number of hydrogen-bond donors (Lipinski definition) is 1. The van der Waals surface area contributed by atoms with Gasteiger partial charge in [-0.15, -0.1) is 0 Å². The Morgan fingerprint density at radius 2 is 1.94 bits per heavy atom. The molecule has 1 aromatic carbocycles. The summed E-state index contributed by atoms with van der Waals surface area (Å²) in [7, 11) is 1.74. The van der Waals surface area contributed by atoms with Gasteiger partial charge in [0.1, 0.15) is 0 Å². The minimum absolute atomic E-state index is 0.133. The van der Waals surface area contributed by atoms with E-state index in [1.165, 1.54) is 0 Å². The molecule has 4 heteroatoms. The topological polar surface area (TPSA) is 21.3 Å². The number of ether oxygens (including phenoxy) is 1. The standard InChI is InChI=1S/C14H21Cl2NO/c1-4-8-17-14(13(5-2)18-3)10-6-7-11(15)12(16)9-10/h6-7,9,13-14,17H,4-5,8H2,1-3H3. The summed E-state index contributed by atoms with van der Waals surface area (Å²) in [6, 6.07) is 5.90. The van der Waals surface area contributed by atoms with Crippen molar-refractivity contribution in [3.63, 3.8) is 0 Å². The molecule has 2 unspecified atom stereocenters. The van der Waals surface area contributed by atoms with E-state index >= 15 is 0 Å². The van der Waals surface area contributed by atoms with Crippen molar-refractivity contribution in [3.05, 3.63) is 33.8 Å². The van der Waals surface area contributed by atoms with Crippen molar-refractivity contribution in [3.8, 4) is 0 Å². The fourth-order valence-electron chi connectivity index (χ4n) is 2.01. The van der Waals surface area contributed by atoms with E-state index in [1.807, 2.05) is 18.2 Å². The number of benzene rings is 1. The van der Waals surface area contributed by atoms with Crippen molar-refractivity contribution in [1.82, 2.24) is 5.32 Å². The minimum atomic E-state index is 0.133. The molecule has 2 atom stereocenters. The van der Waals surface area contributed by atoms with Crippen LogP contribution in [-0.4, -0.2) is 19.8 Å². The molecule has 2 nitrogen and oxygen atoms in total. The quantitative estimate of drug-likeness (QED) is 0.800. The highest BCUT2D eigenvalue weighted by atomic mass is 35.5. The Hall–Kier alpha value is -0.280. The van der Waals surface area contributed by atoms with Gasteiger partial charge in [0.25, 0.3) is 0 Å². The van der Waals surface area contributed by atoms with Gasteiger partial charge in [-0.2, -0.15) is 0 Å². The number of rotatable bonds is 7. The molecule has 0 aliphatic heterocycles. The molecule has 0 spiro atoms. The average Bonchev–Trinajstić information content (AvgIpc) is 2.38. The first-order valence-electron chi connectivity index (χ1n) is 6.35. The Morgan fingerprint density at radius 3 is 2.44 bits per heavy atom. The summed E-state index contributed by atoms with van der Waals surface area (Å²) < 4.78 is 5.54. The van der Waals surface area contributed by atoms with Gasteiger partial charge in [-0.05, 0) is 37.1 Å². The predicted octanol–water partition coefficient (Wildman–Crippen LogP) is 4.46. The molecule has 0 aromatic heterocycles. The molecule has 0 saturated heterocycles. The van der Waals surface area contributed by atoms with Crippen LogP contribution in [0.25, 0.3) is 0 Å². The minimum Gasteiger partial charge on any atom is -0.379 e. The van der Waals surface area contributed by atoms with Crippen LogP contribution in [0.3, 0.4) is 0 Å². The van der Waals surface area contributed by atoms with Crippen molar-refractivity contribution >= 4 is 23.2 Å². The predicted molar refractivity (Wildman–Crippen MR) is 78.6 cm³/mol. The molecule has 0 saturated carbocycles. The Labute approximate surface area is 120 Å². The number of halogens is 2. The van der Waals surface area contributed by atoms with Gasteiger partial charge in [0.2, 0.25) is 0 Å². The molecule has 1 rings (SSSR count). The maximum atomic E-state index is 6.08. The molecule has 1 aromatic rings. The van der Waals surface area contributed by atoms with Gasteiger partial charge >= 0.3 is 0 Å². The van der Waals surface area contributed by atoms with Crippen molar-refractivity contribution in [1.29, 1.82) is 0 Å². The lowest BCUT2D eigenvalue weighted by atomic mass is 9.99. The second kappa shape index (κ2) is 8.00.